The fourth-order valence-corrected chi connectivity index (χ4v) is 4.53. The molecule has 0 fully saturated rings. The number of ether oxygens (including phenoxy) is 1. The Bertz CT molecular complexity index is 1170. The minimum absolute atomic E-state index is 0.132. The van der Waals surface area contributed by atoms with Crippen LogP contribution in [0, 0.1) is 0 Å². The van der Waals surface area contributed by atoms with Crippen molar-refractivity contribution in [1.29, 1.82) is 0 Å². The maximum Gasteiger partial charge on any atom is 0.264 e. The second-order valence-electron chi connectivity index (χ2n) is 7.13. The van der Waals surface area contributed by atoms with Gasteiger partial charge in [0.25, 0.3) is 15.9 Å². The summed E-state index contributed by atoms with van der Waals surface area (Å²) in [5, 5.41) is 2.81. The van der Waals surface area contributed by atoms with Crippen molar-refractivity contribution in [2.45, 2.75) is 24.7 Å². The predicted octanol–water partition coefficient (Wildman–Crippen LogP) is 5.71. The average Bonchev–Trinajstić information content (AvgIpc) is 2.80. The SMILES string of the molecule is CCCCOc1ccc(Br)cc1C(=O)Nc1ccc(S(=O)(=O)N(C)c2ccccc2)cc1. The molecular weight excluding hydrogens is 492 g/mol. The quantitative estimate of drug-likeness (QED) is 0.369. The summed E-state index contributed by atoms with van der Waals surface area (Å²) in [6.07, 6.45) is 1.89. The van der Waals surface area contributed by atoms with E-state index in [0.29, 0.717) is 29.3 Å². The van der Waals surface area contributed by atoms with Crippen molar-refractivity contribution in [2.24, 2.45) is 0 Å². The Morgan fingerprint density at radius 2 is 1.72 bits per heavy atom. The molecule has 1 amide bonds. The molecule has 32 heavy (non-hydrogen) atoms. The van der Waals surface area contributed by atoms with E-state index in [0.717, 1.165) is 17.3 Å². The predicted molar refractivity (Wildman–Crippen MR) is 131 cm³/mol. The summed E-state index contributed by atoms with van der Waals surface area (Å²) in [6.45, 7) is 2.60. The largest absolute Gasteiger partial charge is 0.493 e. The van der Waals surface area contributed by atoms with Crippen LogP contribution in [-0.4, -0.2) is 28.0 Å². The lowest BCUT2D eigenvalue weighted by molar-refractivity contribution is 0.102. The average molecular weight is 517 g/mol. The number of anilines is 2. The number of unbranched alkanes of at least 4 members (excludes halogenated alkanes) is 1. The number of hydrogen-bond acceptors (Lipinski definition) is 4. The normalized spacial score (nSPS) is 11.1. The first-order chi connectivity index (χ1) is 15.3. The van der Waals surface area contributed by atoms with Gasteiger partial charge in [0.05, 0.1) is 22.8 Å². The molecule has 0 aliphatic heterocycles. The van der Waals surface area contributed by atoms with Gasteiger partial charge in [-0.3, -0.25) is 9.10 Å². The van der Waals surface area contributed by atoms with Gasteiger partial charge < -0.3 is 10.1 Å². The molecule has 0 bridgehead atoms. The zero-order valence-electron chi connectivity index (χ0n) is 17.9. The zero-order valence-corrected chi connectivity index (χ0v) is 20.3. The number of amides is 1. The fraction of sp³-hybridized carbons (Fsp3) is 0.208. The molecule has 168 valence electrons. The molecule has 0 aromatic heterocycles. The summed E-state index contributed by atoms with van der Waals surface area (Å²) in [5.74, 6) is 0.164. The van der Waals surface area contributed by atoms with Crippen molar-refractivity contribution in [3.05, 3.63) is 82.8 Å². The minimum atomic E-state index is -3.72. The molecule has 0 saturated carbocycles. The smallest absolute Gasteiger partial charge is 0.264 e. The van der Waals surface area contributed by atoms with Crippen LogP contribution in [0.25, 0.3) is 0 Å². The zero-order chi connectivity index (χ0) is 23.1. The molecule has 0 unspecified atom stereocenters. The maximum absolute atomic E-state index is 12.9. The van der Waals surface area contributed by atoms with Gasteiger partial charge >= 0.3 is 0 Å². The molecule has 1 N–H and O–H groups in total. The molecule has 3 aromatic rings. The van der Waals surface area contributed by atoms with Gasteiger partial charge in [-0.1, -0.05) is 47.5 Å². The first-order valence-electron chi connectivity index (χ1n) is 10.2. The Labute approximate surface area is 197 Å². The highest BCUT2D eigenvalue weighted by Gasteiger charge is 2.21. The Hall–Kier alpha value is -2.84. The molecule has 3 aromatic carbocycles. The summed E-state index contributed by atoms with van der Waals surface area (Å²) in [6, 6.07) is 20.2. The van der Waals surface area contributed by atoms with Crippen molar-refractivity contribution in [1.82, 2.24) is 0 Å². The second kappa shape index (κ2) is 10.7. The van der Waals surface area contributed by atoms with Crippen LogP contribution in [0.1, 0.15) is 30.1 Å². The number of rotatable bonds is 9. The van der Waals surface area contributed by atoms with Crippen molar-refractivity contribution in [3.8, 4) is 5.75 Å². The van der Waals surface area contributed by atoms with Crippen molar-refractivity contribution >= 4 is 43.2 Å². The van der Waals surface area contributed by atoms with E-state index in [1.165, 1.54) is 23.5 Å². The minimum Gasteiger partial charge on any atom is -0.493 e. The standard InChI is InChI=1S/C24H25BrN2O4S/c1-3-4-16-31-23-15-10-18(25)17-22(23)24(28)26-19-11-13-21(14-12-19)32(29,30)27(2)20-8-6-5-7-9-20/h5-15,17H,3-4,16H2,1-2H3,(H,26,28). The highest BCUT2D eigenvalue weighted by atomic mass is 79.9. The van der Waals surface area contributed by atoms with Gasteiger partial charge in [-0.25, -0.2) is 8.42 Å². The van der Waals surface area contributed by atoms with Gasteiger partial charge in [-0.2, -0.15) is 0 Å². The van der Waals surface area contributed by atoms with Gasteiger partial charge in [0.1, 0.15) is 5.75 Å². The van der Waals surface area contributed by atoms with E-state index in [4.69, 9.17) is 4.74 Å². The van der Waals surface area contributed by atoms with Crippen LogP contribution in [0.4, 0.5) is 11.4 Å². The lowest BCUT2D eigenvalue weighted by Crippen LogP contribution is -2.26. The summed E-state index contributed by atoms with van der Waals surface area (Å²) in [4.78, 5) is 13.0. The number of hydrogen-bond donors (Lipinski definition) is 1. The number of nitrogens with one attached hydrogen (secondary N) is 1. The van der Waals surface area contributed by atoms with E-state index in [1.54, 1.807) is 48.5 Å². The molecule has 6 nitrogen and oxygen atoms in total. The molecule has 0 saturated heterocycles. The number of carbonyl (C=O) groups is 1. The number of halogens is 1. The Morgan fingerprint density at radius 1 is 1.03 bits per heavy atom. The summed E-state index contributed by atoms with van der Waals surface area (Å²) in [7, 11) is -2.21. The topological polar surface area (TPSA) is 75.7 Å². The van der Waals surface area contributed by atoms with E-state index in [9.17, 15) is 13.2 Å². The summed E-state index contributed by atoms with van der Waals surface area (Å²) >= 11 is 3.39. The van der Waals surface area contributed by atoms with Crippen LogP contribution in [0.2, 0.25) is 0 Å². The second-order valence-corrected chi connectivity index (χ2v) is 10.0. The van der Waals surface area contributed by atoms with Gasteiger partial charge in [0.2, 0.25) is 0 Å². The molecule has 0 heterocycles. The Kier molecular flexibility index (Phi) is 7.93. The van der Waals surface area contributed by atoms with E-state index in [2.05, 4.69) is 28.2 Å². The maximum atomic E-state index is 12.9. The molecule has 0 radical (unpaired) electrons. The van der Waals surface area contributed by atoms with Crippen LogP contribution in [0.5, 0.6) is 5.75 Å². The van der Waals surface area contributed by atoms with E-state index in [1.807, 2.05) is 12.1 Å². The number of sulfonamides is 1. The summed E-state index contributed by atoms with van der Waals surface area (Å²) < 4.78 is 33.6. The Morgan fingerprint density at radius 3 is 2.38 bits per heavy atom. The molecule has 8 heteroatoms. The first kappa shape index (κ1) is 23.8. The number of nitrogens with zero attached hydrogens (tertiary/aromatic N) is 1. The van der Waals surface area contributed by atoms with E-state index >= 15 is 0 Å². The highest BCUT2D eigenvalue weighted by molar-refractivity contribution is 9.10. The molecule has 0 aliphatic rings. The van der Waals surface area contributed by atoms with Crippen LogP contribution in [0.15, 0.2) is 82.2 Å². The third-order valence-electron chi connectivity index (χ3n) is 4.83. The van der Waals surface area contributed by atoms with Crippen LogP contribution >= 0.6 is 15.9 Å². The number of benzene rings is 3. The fourth-order valence-electron chi connectivity index (χ4n) is 2.98. The van der Waals surface area contributed by atoms with Crippen LogP contribution < -0.4 is 14.4 Å². The van der Waals surface area contributed by atoms with Crippen molar-refractivity contribution in [3.63, 3.8) is 0 Å². The summed E-state index contributed by atoms with van der Waals surface area (Å²) in [5.41, 5.74) is 1.45. The van der Waals surface area contributed by atoms with Crippen molar-refractivity contribution < 1.29 is 17.9 Å². The first-order valence-corrected chi connectivity index (χ1v) is 12.4. The Balaban J connectivity index is 1.76. The lowest BCUT2D eigenvalue weighted by Gasteiger charge is -2.19. The third-order valence-corrected chi connectivity index (χ3v) is 7.13. The number of carbonyl (C=O) groups excluding carboxylic acids is 1. The van der Waals surface area contributed by atoms with Gasteiger partial charge in [0, 0.05) is 17.2 Å². The van der Waals surface area contributed by atoms with E-state index < -0.39 is 10.0 Å². The van der Waals surface area contributed by atoms with Crippen LogP contribution in [0.3, 0.4) is 0 Å². The molecular formula is C24H25BrN2O4S. The van der Waals surface area contributed by atoms with Gasteiger partial charge in [-0.05, 0) is 61.0 Å². The highest BCUT2D eigenvalue weighted by Crippen LogP contribution is 2.26. The molecule has 0 aliphatic carbocycles. The third kappa shape index (κ3) is 5.69. The van der Waals surface area contributed by atoms with Gasteiger partial charge in [-0.15, -0.1) is 0 Å². The lowest BCUT2D eigenvalue weighted by atomic mass is 10.2. The van der Waals surface area contributed by atoms with Gasteiger partial charge in [0.15, 0.2) is 0 Å². The molecule has 0 spiro atoms. The monoisotopic (exact) mass is 516 g/mol. The number of para-hydroxylation sites is 1. The van der Waals surface area contributed by atoms with Crippen LogP contribution in [-0.2, 0) is 10.0 Å². The van der Waals surface area contributed by atoms with Crippen molar-refractivity contribution in [2.75, 3.05) is 23.3 Å². The molecule has 0 atom stereocenters. The van der Waals surface area contributed by atoms with E-state index in [-0.39, 0.29) is 10.8 Å². The molecule has 3 rings (SSSR count).